The average Bonchev–Trinajstić information content (AvgIpc) is 2.46. The molecule has 0 atom stereocenters. The highest BCUT2D eigenvalue weighted by Gasteiger charge is 2.21. The Kier molecular flexibility index (Phi) is 4.04. The fraction of sp³-hybridized carbons (Fsp3) is 0.462. The van der Waals surface area contributed by atoms with Gasteiger partial charge in [0.05, 0.1) is 0 Å². The SMILES string of the molecule is N/C(=N\O)c1ccccc1N1CCC(CO)CC1. The van der Waals surface area contributed by atoms with Gasteiger partial charge in [-0.15, -0.1) is 0 Å². The number of benzene rings is 1. The first-order chi connectivity index (χ1) is 8.76. The standard InChI is InChI=1S/C13H19N3O2/c14-13(15-18)11-3-1-2-4-12(11)16-7-5-10(9-17)6-8-16/h1-4,10,17-18H,5-9H2,(H2,14,15). The number of hydrogen-bond acceptors (Lipinski definition) is 4. The molecule has 0 aromatic heterocycles. The van der Waals surface area contributed by atoms with Crippen LogP contribution in [0.3, 0.4) is 0 Å². The van der Waals surface area contributed by atoms with Gasteiger partial charge in [-0.3, -0.25) is 0 Å². The van der Waals surface area contributed by atoms with E-state index >= 15 is 0 Å². The first-order valence-electron chi connectivity index (χ1n) is 6.19. The molecule has 5 nitrogen and oxygen atoms in total. The van der Waals surface area contributed by atoms with Crippen LogP contribution in [0.15, 0.2) is 29.4 Å². The highest BCUT2D eigenvalue weighted by molar-refractivity contribution is 6.02. The van der Waals surface area contributed by atoms with Crippen LogP contribution >= 0.6 is 0 Å². The summed E-state index contributed by atoms with van der Waals surface area (Å²) in [6.07, 6.45) is 1.95. The lowest BCUT2D eigenvalue weighted by atomic mass is 9.97. The van der Waals surface area contributed by atoms with Crippen LogP contribution < -0.4 is 10.6 Å². The van der Waals surface area contributed by atoms with Crippen molar-refractivity contribution in [2.75, 3.05) is 24.6 Å². The zero-order valence-corrected chi connectivity index (χ0v) is 10.3. The highest BCUT2D eigenvalue weighted by Crippen LogP contribution is 2.26. The van der Waals surface area contributed by atoms with Gasteiger partial charge in [-0.25, -0.2) is 0 Å². The Bertz CT molecular complexity index is 426. The first kappa shape index (κ1) is 12.7. The Labute approximate surface area is 107 Å². The van der Waals surface area contributed by atoms with E-state index in [1.165, 1.54) is 0 Å². The quantitative estimate of drug-likeness (QED) is 0.323. The molecule has 0 unspecified atom stereocenters. The molecule has 0 spiro atoms. The zero-order chi connectivity index (χ0) is 13.0. The number of aliphatic hydroxyl groups is 1. The summed E-state index contributed by atoms with van der Waals surface area (Å²) in [5.74, 6) is 0.534. The van der Waals surface area contributed by atoms with Crippen molar-refractivity contribution in [3.63, 3.8) is 0 Å². The summed E-state index contributed by atoms with van der Waals surface area (Å²) in [5.41, 5.74) is 7.43. The van der Waals surface area contributed by atoms with E-state index in [0.29, 0.717) is 5.92 Å². The molecule has 4 N–H and O–H groups in total. The molecule has 1 fully saturated rings. The molecule has 98 valence electrons. The minimum atomic E-state index is 0.134. The average molecular weight is 249 g/mol. The summed E-state index contributed by atoms with van der Waals surface area (Å²) in [7, 11) is 0. The fourth-order valence-corrected chi connectivity index (χ4v) is 2.38. The van der Waals surface area contributed by atoms with E-state index in [4.69, 9.17) is 16.0 Å². The van der Waals surface area contributed by atoms with Crippen LogP contribution in [0.1, 0.15) is 18.4 Å². The van der Waals surface area contributed by atoms with Crippen molar-refractivity contribution in [3.8, 4) is 0 Å². The molecule has 0 amide bonds. The number of nitrogens with two attached hydrogens (primary N) is 1. The van der Waals surface area contributed by atoms with E-state index in [2.05, 4.69) is 10.1 Å². The lowest BCUT2D eigenvalue weighted by Crippen LogP contribution is -2.36. The van der Waals surface area contributed by atoms with Crippen molar-refractivity contribution < 1.29 is 10.3 Å². The van der Waals surface area contributed by atoms with Gasteiger partial charge in [0.1, 0.15) is 0 Å². The third-order valence-electron chi connectivity index (χ3n) is 3.50. The van der Waals surface area contributed by atoms with Gasteiger partial charge < -0.3 is 20.9 Å². The van der Waals surface area contributed by atoms with Crippen molar-refractivity contribution >= 4 is 11.5 Å². The summed E-state index contributed by atoms with van der Waals surface area (Å²) in [6.45, 7) is 2.04. The predicted octanol–water partition coefficient (Wildman–Crippen LogP) is 0.990. The number of oxime groups is 1. The van der Waals surface area contributed by atoms with E-state index in [1.54, 1.807) is 0 Å². The molecule has 2 rings (SSSR count). The van der Waals surface area contributed by atoms with Gasteiger partial charge in [0.2, 0.25) is 0 Å². The van der Waals surface area contributed by atoms with Crippen LogP contribution in [0.5, 0.6) is 0 Å². The number of nitrogens with zero attached hydrogens (tertiary/aromatic N) is 2. The molecular formula is C13H19N3O2. The van der Waals surface area contributed by atoms with E-state index in [0.717, 1.165) is 37.2 Å². The Morgan fingerprint density at radius 3 is 2.61 bits per heavy atom. The van der Waals surface area contributed by atoms with E-state index in [1.807, 2.05) is 24.3 Å². The molecule has 1 aliphatic heterocycles. The molecule has 1 saturated heterocycles. The van der Waals surface area contributed by atoms with Gasteiger partial charge in [-0.2, -0.15) is 0 Å². The molecule has 0 saturated carbocycles. The van der Waals surface area contributed by atoms with Crippen molar-refractivity contribution in [3.05, 3.63) is 29.8 Å². The van der Waals surface area contributed by atoms with Gasteiger partial charge in [-0.05, 0) is 30.9 Å². The second kappa shape index (κ2) is 5.73. The Balaban J connectivity index is 2.19. The predicted molar refractivity (Wildman–Crippen MR) is 71.0 cm³/mol. The number of piperidine rings is 1. The largest absolute Gasteiger partial charge is 0.409 e. The Morgan fingerprint density at radius 2 is 2.00 bits per heavy atom. The van der Waals surface area contributed by atoms with Crippen molar-refractivity contribution in [1.29, 1.82) is 0 Å². The molecule has 5 heteroatoms. The van der Waals surface area contributed by atoms with Crippen LogP contribution in [0.4, 0.5) is 5.69 Å². The topological polar surface area (TPSA) is 82.1 Å². The Morgan fingerprint density at radius 1 is 1.33 bits per heavy atom. The molecule has 1 aliphatic rings. The highest BCUT2D eigenvalue weighted by atomic mass is 16.4. The fourth-order valence-electron chi connectivity index (χ4n) is 2.38. The number of rotatable bonds is 3. The van der Waals surface area contributed by atoms with Crippen LogP contribution in [-0.4, -0.2) is 35.8 Å². The van der Waals surface area contributed by atoms with Crippen molar-refractivity contribution in [1.82, 2.24) is 0 Å². The lowest BCUT2D eigenvalue weighted by Gasteiger charge is -2.33. The number of amidine groups is 1. The molecule has 0 radical (unpaired) electrons. The summed E-state index contributed by atoms with van der Waals surface area (Å²) < 4.78 is 0. The van der Waals surface area contributed by atoms with Gasteiger partial charge in [0.25, 0.3) is 0 Å². The number of anilines is 1. The minimum Gasteiger partial charge on any atom is -0.409 e. The van der Waals surface area contributed by atoms with E-state index in [-0.39, 0.29) is 12.4 Å². The third-order valence-corrected chi connectivity index (χ3v) is 3.50. The van der Waals surface area contributed by atoms with Crippen molar-refractivity contribution in [2.24, 2.45) is 16.8 Å². The monoisotopic (exact) mass is 249 g/mol. The van der Waals surface area contributed by atoms with Crippen LogP contribution in [0.25, 0.3) is 0 Å². The zero-order valence-electron chi connectivity index (χ0n) is 10.3. The smallest absolute Gasteiger partial charge is 0.172 e. The van der Waals surface area contributed by atoms with E-state index in [9.17, 15) is 0 Å². The number of para-hydroxylation sites is 1. The van der Waals surface area contributed by atoms with Gasteiger partial charge in [-0.1, -0.05) is 17.3 Å². The second-order valence-electron chi connectivity index (χ2n) is 4.62. The molecule has 1 aromatic carbocycles. The van der Waals surface area contributed by atoms with Gasteiger partial charge >= 0.3 is 0 Å². The summed E-state index contributed by atoms with van der Waals surface area (Å²) in [5, 5.41) is 21.0. The van der Waals surface area contributed by atoms with Crippen LogP contribution in [0, 0.1) is 5.92 Å². The summed E-state index contributed by atoms with van der Waals surface area (Å²) >= 11 is 0. The molecule has 1 aromatic rings. The number of hydrogen-bond donors (Lipinski definition) is 3. The summed E-state index contributed by atoms with van der Waals surface area (Å²) in [4.78, 5) is 2.22. The third kappa shape index (κ3) is 2.56. The maximum Gasteiger partial charge on any atom is 0.172 e. The van der Waals surface area contributed by atoms with Crippen LogP contribution in [0.2, 0.25) is 0 Å². The normalized spacial score (nSPS) is 18.1. The van der Waals surface area contributed by atoms with Gasteiger partial charge in [0, 0.05) is 30.9 Å². The molecular weight excluding hydrogens is 230 g/mol. The maximum atomic E-state index is 9.14. The molecule has 0 bridgehead atoms. The maximum absolute atomic E-state index is 9.14. The molecule has 1 heterocycles. The Hall–Kier alpha value is -1.75. The molecule has 18 heavy (non-hydrogen) atoms. The molecule has 0 aliphatic carbocycles. The van der Waals surface area contributed by atoms with Crippen molar-refractivity contribution in [2.45, 2.75) is 12.8 Å². The summed E-state index contributed by atoms with van der Waals surface area (Å²) in [6, 6.07) is 7.65. The minimum absolute atomic E-state index is 0.134. The first-order valence-corrected chi connectivity index (χ1v) is 6.19. The van der Waals surface area contributed by atoms with Gasteiger partial charge in [0.15, 0.2) is 5.84 Å². The van der Waals surface area contributed by atoms with Crippen LogP contribution in [-0.2, 0) is 0 Å². The second-order valence-corrected chi connectivity index (χ2v) is 4.62. The van der Waals surface area contributed by atoms with E-state index < -0.39 is 0 Å². The lowest BCUT2D eigenvalue weighted by molar-refractivity contribution is 0.203. The number of aliphatic hydroxyl groups excluding tert-OH is 1.